The summed E-state index contributed by atoms with van der Waals surface area (Å²) >= 11 is 5.84. The molecular formula is C12H17ClN2O2. The molecule has 0 aromatic carbocycles. The van der Waals surface area contributed by atoms with E-state index < -0.39 is 0 Å². The average molecular weight is 257 g/mol. The van der Waals surface area contributed by atoms with Crippen LogP contribution in [-0.2, 0) is 0 Å². The predicted octanol–water partition coefficient (Wildman–Crippen LogP) is 2.28. The van der Waals surface area contributed by atoms with E-state index in [1.807, 2.05) is 4.90 Å². The Hall–Kier alpha value is -1.00. The fourth-order valence-corrected chi connectivity index (χ4v) is 2.56. The SMILES string of the molecule is NCCC1CCCCN1C(=O)c1ccoc1Cl. The molecule has 1 aromatic heterocycles. The van der Waals surface area contributed by atoms with Gasteiger partial charge in [-0.3, -0.25) is 4.79 Å². The summed E-state index contributed by atoms with van der Waals surface area (Å²) < 4.78 is 4.96. The third-order valence-electron chi connectivity index (χ3n) is 3.24. The molecule has 0 spiro atoms. The number of rotatable bonds is 3. The molecule has 2 rings (SSSR count). The molecule has 0 radical (unpaired) electrons. The topological polar surface area (TPSA) is 59.5 Å². The standard InChI is InChI=1S/C12H17ClN2O2/c13-11-10(5-8-17-11)12(16)15-7-2-1-3-9(15)4-6-14/h5,8-9H,1-4,6-7,14H2. The molecule has 94 valence electrons. The summed E-state index contributed by atoms with van der Waals surface area (Å²) in [5, 5.41) is 0.173. The number of likely N-dealkylation sites (tertiary alicyclic amines) is 1. The number of nitrogens with two attached hydrogens (primary N) is 1. The zero-order valence-electron chi connectivity index (χ0n) is 9.69. The number of hydrogen-bond acceptors (Lipinski definition) is 3. The van der Waals surface area contributed by atoms with Crippen LogP contribution in [0.1, 0.15) is 36.0 Å². The van der Waals surface area contributed by atoms with E-state index in [1.165, 1.54) is 6.26 Å². The molecular weight excluding hydrogens is 240 g/mol. The summed E-state index contributed by atoms with van der Waals surface area (Å²) in [6.45, 7) is 1.39. The van der Waals surface area contributed by atoms with E-state index >= 15 is 0 Å². The first kappa shape index (κ1) is 12.5. The zero-order valence-corrected chi connectivity index (χ0v) is 10.4. The maximum atomic E-state index is 12.3. The summed E-state index contributed by atoms with van der Waals surface area (Å²) in [7, 11) is 0. The highest BCUT2D eigenvalue weighted by Crippen LogP contribution is 2.25. The highest BCUT2D eigenvalue weighted by atomic mass is 35.5. The smallest absolute Gasteiger partial charge is 0.258 e. The van der Waals surface area contributed by atoms with E-state index in [0.717, 1.165) is 32.2 Å². The number of furan rings is 1. The van der Waals surface area contributed by atoms with Gasteiger partial charge in [-0.1, -0.05) is 0 Å². The second kappa shape index (κ2) is 5.56. The first-order valence-electron chi connectivity index (χ1n) is 5.98. The highest BCUT2D eigenvalue weighted by molar-refractivity contribution is 6.32. The molecule has 4 nitrogen and oxygen atoms in total. The number of hydrogen-bond donors (Lipinski definition) is 1. The molecule has 1 amide bonds. The number of amides is 1. The summed E-state index contributed by atoms with van der Waals surface area (Å²) in [5.41, 5.74) is 6.04. The fraction of sp³-hybridized carbons (Fsp3) is 0.583. The van der Waals surface area contributed by atoms with E-state index in [0.29, 0.717) is 12.1 Å². The maximum absolute atomic E-state index is 12.3. The fourth-order valence-electron chi connectivity index (χ4n) is 2.36. The van der Waals surface area contributed by atoms with Crippen molar-refractivity contribution in [2.75, 3.05) is 13.1 Å². The van der Waals surface area contributed by atoms with Crippen molar-refractivity contribution in [1.29, 1.82) is 0 Å². The van der Waals surface area contributed by atoms with Crippen molar-refractivity contribution < 1.29 is 9.21 Å². The average Bonchev–Trinajstić information content (AvgIpc) is 2.76. The van der Waals surface area contributed by atoms with E-state index in [2.05, 4.69) is 0 Å². The molecule has 17 heavy (non-hydrogen) atoms. The van der Waals surface area contributed by atoms with Crippen molar-refractivity contribution >= 4 is 17.5 Å². The van der Waals surface area contributed by atoms with Crippen molar-refractivity contribution in [3.63, 3.8) is 0 Å². The van der Waals surface area contributed by atoms with Crippen LogP contribution < -0.4 is 5.73 Å². The van der Waals surface area contributed by atoms with Gasteiger partial charge in [0.1, 0.15) is 0 Å². The van der Waals surface area contributed by atoms with Gasteiger partial charge < -0.3 is 15.1 Å². The van der Waals surface area contributed by atoms with Gasteiger partial charge in [0.15, 0.2) is 0 Å². The first-order chi connectivity index (χ1) is 8.24. The lowest BCUT2D eigenvalue weighted by Gasteiger charge is -2.35. The van der Waals surface area contributed by atoms with E-state index in [1.54, 1.807) is 6.07 Å². The van der Waals surface area contributed by atoms with Crippen LogP contribution in [0.5, 0.6) is 0 Å². The normalized spacial score (nSPS) is 20.6. The first-order valence-corrected chi connectivity index (χ1v) is 6.36. The third kappa shape index (κ3) is 2.64. The van der Waals surface area contributed by atoms with Crippen LogP contribution in [0, 0.1) is 0 Å². The molecule has 0 saturated carbocycles. The minimum Gasteiger partial charge on any atom is -0.452 e. The molecule has 5 heteroatoms. The molecule has 0 bridgehead atoms. The van der Waals surface area contributed by atoms with E-state index in [-0.39, 0.29) is 17.2 Å². The van der Waals surface area contributed by atoms with Gasteiger partial charge in [0, 0.05) is 12.6 Å². The lowest BCUT2D eigenvalue weighted by Crippen LogP contribution is -2.44. The number of carbonyl (C=O) groups excluding carboxylic acids is 1. The number of piperidine rings is 1. The summed E-state index contributed by atoms with van der Waals surface area (Å²) in [4.78, 5) is 14.2. The minimum atomic E-state index is -0.0399. The number of nitrogens with zero attached hydrogens (tertiary/aromatic N) is 1. The van der Waals surface area contributed by atoms with E-state index in [4.69, 9.17) is 21.8 Å². The Morgan fingerprint density at radius 3 is 3.06 bits per heavy atom. The molecule has 1 aliphatic rings. The predicted molar refractivity (Wildman–Crippen MR) is 66.1 cm³/mol. The van der Waals surface area contributed by atoms with Crippen LogP contribution in [0.2, 0.25) is 5.22 Å². The van der Waals surface area contributed by atoms with Crippen molar-refractivity contribution in [3.8, 4) is 0 Å². The van der Waals surface area contributed by atoms with Crippen molar-refractivity contribution in [1.82, 2.24) is 4.90 Å². The number of carbonyl (C=O) groups is 1. The monoisotopic (exact) mass is 256 g/mol. The van der Waals surface area contributed by atoms with Gasteiger partial charge in [-0.25, -0.2) is 0 Å². The molecule has 1 saturated heterocycles. The Kier molecular flexibility index (Phi) is 4.07. The van der Waals surface area contributed by atoms with Crippen LogP contribution in [-0.4, -0.2) is 29.9 Å². The van der Waals surface area contributed by atoms with Crippen LogP contribution in [0.25, 0.3) is 0 Å². The molecule has 1 aromatic rings. The summed E-state index contributed by atoms with van der Waals surface area (Å²) in [6, 6.07) is 1.87. The quantitative estimate of drug-likeness (QED) is 0.903. The minimum absolute atomic E-state index is 0.0399. The Morgan fingerprint density at radius 2 is 2.41 bits per heavy atom. The highest BCUT2D eigenvalue weighted by Gasteiger charge is 2.28. The number of halogens is 1. The van der Waals surface area contributed by atoms with Crippen LogP contribution in [0.15, 0.2) is 16.7 Å². The Balaban J connectivity index is 2.14. The van der Waals surface area contributed by atoms with Crippen molar-refractivity contribution in [2.45, 2.75) is 31.7 Å². The van der Waals surface area contributed by atoms with Gasteiger partial charge in [-0.2, -0.15) is 0 Å². The zero-order chi connectivity index (χ0) is 12.3. The van der Waals surface area contributed by atoms with Crippen LogP contribution >= 0.6 is 11.6 Å². The van der Waals surface area contributed by atoms with Gasteiger partial charge in [-0.15, -0.1) is 0 Å². The van der Waals surface area contributed by atoms with E-state index in [9.17, 15) is 4.79 Å². The van der Waals surface area contributed by atoms with Gasteiger partial charge in [-0.05, 0) is 49.9 Å². The Labute approximate surface area is 106 Å². The van der Waals surface area contributed by atoms with Gasteiger partial charge >= 0.3 is 0 Å². The second-order valence-electron chi connectivity index (χ2n) is 4.33. The summed E-state index contributed by atoms with van der Waals surface area (Å²) in [6.07, 6.45) is 5.52. The Bertz CT molecular complexity index is 390. The molecule has 2 N–H and O–H groups in total. The van der Waals surface area contributed by atoms with Crippen molar-refractivity contribution in [2.24, 2.45) is 5.73 Å². The van der Waals surface area contributed by atoms with Crippen LogP contribution in [0.4, 0.5) is 0 Å². The third-order valence-corrected chi connectivity index (χ3v) is 3.53. The molecule has 1 unspecified atom stereocenters. The molecule has 2 heterocycles. The summed E-state index contributed by atoms with van der Waals surface area (Å²) in [5.74, 6) is -0.0399. The second-order valence-corrected chi connectivity index (χ2v) is 4.68. The molecule has 0 aliphatic carbocycles. The maximum Gasteiger partial charge on any atom is 0.258 e. The largest absolute Gasteiger partial charge is 0.452 e. The lowest BCUT2D eigenvalue weighted by atomic mass is 9.98. The van der Waals surface area contributed by atoms with Gasteiger partial charge in [0.05, 0.1) is 11.8 Å². The van der Waals surface area contributed by atoms with Crippen LogP contribution in [0.3, 0.4) is 0 Å². The molecule has 1 fully saturated rings. The molecule has 1 aliphatic heterocycles. The van der Waals surface area contributed by atoms with Crippen molar-refractivity contribution in [3.05, 3.63) is 23.1 Å². The van der Waals surface area contributed by atoms with Gasteiger partial charge in [0.25, 0.3) is 5.91 Å². The Morgan fingerprint density at radius 1 is 1.59 bits per heavy atom. The lowest BCUT2D eigenvalue weighted by molar-refractivity contribution is 0.0604. The van der Waals surface area contributed by atoms with Gasteiger partial charge in [0.2, 0.25) is 5.22 Å². The molecule has 1 atom stereocenters.